The van der Waals surface area contributed by atoms with E-state index >= 15 is 0 Å². The molecule has 1 aromatic carbocycles. The molecule has 4 heteroatoms. The van der Waals surface area contributed by atoms with E-state index in [0.717, 1.165) is 11.4 Å². The molecule has 1 aromatic heterocycles. The molecule has 1 saturated carbocycles. The van der Waals surface area contributed by atoms with E-state index in [2.05, 4.69) is 47.7 Å². The summed E-state index contributed by atoms with van der Waals surface area (Å²) in [4.78, 5) is 0. The molecule has 0 amide bonds. The minimum Gasteiger partial charge on any atom is -0.381 e. The molecule has 0 bridgehead atoms. The minimum absolute atomic E-state index is 0.488. The fraction of sp³-hybridized carbons (Fsp3) is 0.529. The lowest BCUT2D eigenvalue weighted by atomic mass is 9.85. The molecule has 0 radical (unpaired) electrons. The Hall–Kier alpha value is -1.84. The summed E-state index contributed by atoms with van der Waals surface area (Å²) in [6.45, 7) is 4.78. The maximum absolute atomic E-state index is 4.11. The lowest BCUT2D eigenvalue weighted by Gasteiger charge is -2.23. The smallest absolute Gasteiger partial charge is 0.0894 e. The van der Waals surface area contributed by atoms with Crippen LogP contribution in [-0.2, 0) is 0 Å². The Labute approximate surface area is 126 Å². The van der Waals surface area contributed by atoms with Crippen LogP contribution < -0.4 is 5.32 Å². The van der Waals surface area contributed by atoms with Gasteiger partial charge in [0.2, 0.25) is 0 Å². The van der Waals surface area contributed by atoms with E-state index in [1.54, 1.807) is 6.20 Å². The summed E-state index contributed by atoms with van der Waals surface area (Å²) in [7, 11) is 0. The van der Waals surface area contributed by atoms with Gasteiger partial charge < -0.3 is 5.32 Å². The molecule has 4 nitrogen and oxygen atoms in total. The zero-order valence-corrected chi connectivity index (χ0v) is 12.9. The number of anilines is 1. The molecule has 1 N–H and O–H groups in total. The third-order valence-corrected chi connectivity index (χ3v) is 4.51. The van der Waals surface area contributed by atoms with Crippen LogP contribution in [0.15, 0.2) is 36.7 Å². The number of aromatic nitrogens is 3. The second-order valence-electron chi connectivity index (χ2n) is 6.80. The zero-order chi connectivity index (χ0) is 14.7. The van der Waals surface area contributed by atoms with Crippen LogP contribution in [0, 0.1) is 5.41 Å². The number of hydrogen-bond donors (Lipinski definition) is 1. The monoisotopic (exact) mass is 284 g/mol. The van der Waals surface area contributed by atoms with Crippen molar-refractivity contribution in [2.75, 3.05) is 5.32 Å². The van der Waals surface area contributed by atoms with Crippen molar-refractivity contribution in [3.8, 4) is 5.69 Å². The van der Waals surface area contributed by atoms with E-state index in [1.165, 1.54) is 32.1 Å². The van der Waals surface area contributed by atoms with E-state index in [4.69, 9.17) is 0 Å². The maximum atomic E-state index is 4.11. The fourth-order valence-corrected chi connectivity index (χ4v) is 3.16. The average Bonchev–Trinajstić information content (AvgIpc) is 2.93. The molecule has 0 aliphatic heterocycles. The molecule has 112 valence electrons. The van der Waals surface area contributed by atoms with Crippen LogP contribution in [0.3, 0.4) is 0 Å². The Morgan fingerprint density at radius 1 is 1.19 bits per heavy atom. The molecular formula is C17H24N4. The van der Waals surface area contributed by atoms with Gasteiger partial charge in [-0.15, -0.1) is 5.10 Å². The standard InChI is InChI=1S/C17H24N4/c1-17(2)10-5-6-14(9-11-17)19-15-7-3-4-8-16(15)21-13-12-18-20-21/h3-4,7-8,12-14,19H,5-6,9-11H2,1-2H3. The molecular weight excluding hydrogens is 260 g/mol. The third-order valence-electron chi connectivity index (χ3n) is 4.51. The van der Waals surface area contributed by atoms with Crippen LogP contribution >= 0.6 is 0 Å². The topological polar surface area (TPSA) is 42.7 Å². The molecule has 1 heterocycles. The normalized spacial score (nSPS) is 21.7. The van der Waals surface area contributed by atoms with Gasteiger partial charge in [-0.3, -0.25) is 0 Å². The maximum Gasteiger partial charge on any atom is 0.0894 e. The van der Waals surface area contributed by atoms with Gasteiger partial charge in [0.05, 0.1) is 23.8 Å². The first-order chi connectivity index (χ1) is 10.1. The third kappa shape index (κ3) is 3.43. The number of para-hydroxylation sites is 2. The Morgan fingerprint density at radius 3 is 2.86 bits per heavy atom. The highest BCUT2D eigenvalue weighted by Crippen LogP contribution is 2.35. The Morgan fingerprint density at radius 2 is 2.05 bits per heavy atom. The SMILES string of the molecule is CC1(C)CCCC(Nc2ccccc2-n2ccnn2)CC1. The summed E-state index contributed by atoms with van der Waals surface area (Å²) in [5.74, 6) is 0. The van der Waals surface area contributed by atoms with Crippen LogP contribution in [0.25, 0.3) is 5.69 Å². The molecule has 0 spiro atoms. The van der Waals surface area contributed by atoms with Gasteiger partial charge in [-0.2, -0.15) is 0 Å². The van der Waals surface area contributed by atoms with Gasteiger partial charge in [-0.05, 0) is 43.2 Å². The first-order valence-electron chi connectivity index (χ1n) is 7.86. The Balaban J connectivity index is 1.76. The van der Waals surface area contributed by atoms with Crippen molar-refractivity contribution in [1.82, 2.24) is 15.0 Å². The molecule has 0 saturated heterocycles. The number of hydrogen-bond acceptors (Lipinski definition) is 3. The first kappa shape index (κ1) is 14.1. The zero-order valence-electron chi connectivity index (χ0n) is 12.9. The summed E-state index contributed by atoms with van der Waals surface area (Å²) >= 11 is 0. The lowest BCUT2D eigenvalue weighted by molar-refractivity contribution is 0.313. The number of benzene rings is 1. The van der Waals surface area contributed by atoms with Gasteiger partial charge in [0.1, 0.15) is 0 Å². The van der Waals surface area contributed by atoms with Gasteiger partial charge in [-0.1, -0.05) is 37.6 Å². The number of nitrogens with one attached hydrogen (secondary N) is 1. The van der Waals surface area contributed by atoms with Gasteiger partial charge in [-0.25, -0.2) is 4.68 Å². The minimum atomic E-state index is 0.488. The highest BCUT2D eigenvalue weighted by atomic mass is 15.4. The molecule has 1 aliphatic rings. The number of nitrogens with zero attached hydrogens (tertiary/aromatic N) is 3. The largest absolute Gasteiger partial charge is 0.381 e. The van der Waals surface area contributed by atoms with E-state index < -0.39 is 0 Å². The van der Waals surface area contributed by atoms with Crippen molar-refractivity contribution < 1.29 is 0 Å². The molecule has 3 rings (SSSR count). The Kier molecular flexibility index (Phi) is 3.95. The van der Waals surface area contributed by atoms with E-state index in [9.17, 15) is 0 Å². The van der Waals surface area contributed by atoms with Crippen LogP contribution in [0.5, 0.6) is 0 Å². The summed E-state index contributed by atoms with van der Waals surface area (Å²) < 4.78 is 1.82. The van der Waals surface area contributed by atoms with Crippen molar-refractivity contribution in [3.63, 3.8) is 0 Å². The fourth-order valence-electron chi connectivity index (χ4n) is 3.16. The molecule has 1 aliphatic carbocycles. The quantitative estimate of drug-likeness (QED) is 0.865. The predicted octanol–water partition coefficient (Wildman–Crippen LogP) is 4.04. The van der Waals surface area contributed by atoms with E-state index in [1.807, 2.05) is 16.9 Å². The molecule has 1 atom stereocenters. The van der Waals surface area contributed by atoms with Crippen molar-refractivity contribution in [2.24, 2.45) is 5.41 Å². The summed E-state index contributed by atoms with van der Waals surface area (Å²) in [5.41, 5.74) is 2.70. The van der Waals surface area contributed by atoms with Crippen LogP contribution in [0.2, 0.25) is 0 Å². The second-order valence-corrected chi connectivity index (χ2v) is 6.80. The molecule has 1 unspecified atom stereocenters. The van der Waals surface area contributed by atoms with Gasteiger partial charge in [0, 0.05) is 6.04 Å². The molecule has 21 heavy (non-hydrogen) atoms. The van der Waals surface area contributed by atoms with Gasteiger partial charge in [0.15, 0.2) is 0 Å². The molecule has 2 aromatic rings. The lowest BCUT2D eigenvalue weighted by Crippen LogP contribution is -2.20. The van der Waals surface area contributed by atoms with Crippen molar-refractivity contribution in [2.45, 2.75) is 52.0 Å². The predicted molar refractivity (Wildman–Crippen MR) is 85.6 cm³/mol. The summed E-state index contributed by atoms with van der Waals surface area (Å²) in [5, 5.41) is 11.7. The van der Waals surface area contributed by atoms with E-state index in [0.29, 0.717) is 11.5 Å². The summed E-state index contributed by atoms with van der Waals surface area (Å²) in [6.07, 6.45) is 10.00. The van der Waals surface area contributed by atoms with Gasteiger partial charge >= 0.3 is 0 Å². The Bertz CT molecular complexity index is 574. The first-order valence-corrected chi connectivity index (χ1v) is 7.86. The van der Waals surface area contributed by atoms with Crippen molar-refractivity contribution in [3.05, 3.63) is 36.7 Å². The highest BCUT2D eigenvalue weighted by Gasteiger charge is 2.24. The summed E-state index contributed by atoms with van der Waals surface area (Å²) in [6, 6.07) is 8.88. The second kappa shape index (κ2) is 5.88. The van der Waals surface area contributed by atoms with Gasteiger partial charge in [0.25, 0.3) is 0 Å². The average molecular weight is 284 g/mol. The van der Waals surface area contributed by atoms with Crippen molar-refractivity contribution >= 4 is 5.69 Å². The highest BCUT2D eigenvalue weighted by molar-refractivity contribution is 5.60. The van der Waals surface area contributed by atoms with Crippen LogP contribution in [0.4, 0.5) is 5.69 Å². The van der Waals surface area contributed by atoms with Crippen LogP contribution in [-0.4, -0.2) is 21.0 Å². The van der Waals surface area contributed by atoms with Crippen molar-refractivity contribution in [1.29, 1.82) is 0 Å². The van der Waals surface area contributed by atoms with Crippen LogP contribution in [0.1, 0.15) is 46.0 Å². The van der Waals surface area contributed by atoms with E-state index in [-0.39, 0.29) is 0 Å². The molecule has 1 fully saturated rings. The number of rotatable bonds is 3.